The van der Waals surface area contributed by atoms with Crippen molar-refractivity contribution in [2.45, 2.75) is 24.9 Å². The largest absolute Gasteiger partial charge is 0.381 e. The van der Waals surface area contributed by atoms with Crippen molar-refractivity contribution in [2.75, 3.05) is 5.73 Å². The molecule has 21 heavy (non-hydrogen) atoms. The molecular formula is C12H14F2N4O2S. The second-order valence-corrected chi connectivity index (χ2v) is 6.03. The van der Waals surface area contributed by atoms with Gasteiger partial charge in [-0.05, 0) is 25.1 Å². The smallest absolute Gasteiger partial charge is 0.246 e. The van der Waals surface area contributed by atoms with Gasteiger partial charge in [0.25, 0.3) is 0 Å². The molecule has 0 bridgehead atoms. The second kappa shape index (κ2) is 5.78. The number of hydrogen-bond acceptors (Lipinski definition) is 4. The first-order valence-electron chi connectivity index (χ1n) is 6.10. The summed E-state index contributed by atoms with van der Waals surface area (Å²) in [7, 11) is -3.96. The van der Waals surface area contributed by atoms with Crippen LogP contribution in [0.5, 0.6) is 0 Å². The number of aromatic nitrogens is 2. The Morgan fingerprint density at radius 3 is 2.71 bits per heavy atom. The molecule has 1 heterocycles. The normalized spacial score (nSPS) is 11.8. The first kappa shape index (κ1) is 15.4. The number of halogens is 2. The van der Waals surface area contributed by atoms with E-state index in [1.165, 1.54) is 10.9 Å². The van der Waals surface area contributed by atoms with E-state index in [1.807, 2.05) is 0 Å². The van der Waals surface area contributed by atoms with Gasteiger partial charge in [0.1, 0.15) is 16.5 Å². The molecule has 0 unspecified atom stereocenters. The summed E-state index contributed by atoms with van der Waals surface area (Å²) >= 11 is 0. The number of hydrogen-bond donors (Lipinski definition) is 2. The fraction of sp³-hybridized carbons (Fsp3) is 0.250. The summed E-state index contributed by atoms with van der Waals surface area (Å²) in [6.07, 6.45) is 1.28. The molecule has 0 radical (unpaired) electrons. The Bertz CT molecular complexity index is 759. The molecule has 3 N–H and O–H groups in total. The van der Waals surface area contributed by atoms with Gasteiger partial charge in [0.2, 0.25) is 10.0 Å². The molecular weight excluding hydrogens is 302 g/mol. The molecule has 2 aromatic rings. The van der Waals surface area contributed by atoms with Crippen molar-refractivity contribution >= 4 is 15.8 Å². The highest BCUT2D eigenvalue weighted by Crippen LogP contribution is 2.17. The monoisotopic (exact) mass is 316 g/mol. The van der Waals surface area contributed by atoms with E-state index in [4.69, 9.17) is 5.73 Å². The molecule has 0 atom stereocenters. The van der Waals surface area contributed by atoms with E-state index >= 15 is 0 Å². The number of anilines is 1. The summed E-state index contributed by atoms with van der Waals surface area (Å²) in [6, 6.07) is 2.82. The van der Waals surface area contributed by atoms with Gasteiger partial charge in [0, 0.05) is 24.8 Å². The summed E-state index contributed by atoms with van der Waals surface area (Å²) in [5.41, 5.74) is 5.44. The molecule has 0 amide bonds. The predicted octanol–water partition coefficient (Wildman–Crippen LogP) is 1.24. The van der Waals surface area contributed by atoms with E-state index in [-0.39, 0.29) is 22.8 Å². The van der Waals surface area contributed by atoms with Crippen LogP contribution >= 0.6 is 0 Å². The third-order valence-corrected chi connectivity index (χ3v) is 4.25. The maximum atomic E-state index is 13.4. The van der Waals surface area contributed by atoms with E-state index in [1.54, 1.807) is 6.92 Å². The molecule has 114 valence electrons. The van der Waals surface area contributed by atoms with Gasteiger partial charge in [0.15, 0.2) is 5.82 Å². The Morgan fingerprint density at radius 2 is 2.10 bits per heavy atom. The van der Waals surface area contributed by atoms with Gasteiger partial charge in [0.05, 0.1) is 0 Å². The molecule has 1 aromatic heterocycles. The van der Waals surface area contributed by atoms with Crippen molar-refractivity contribution in [2.24, 2.45) is 0 Å². The Morgan fingerprint density at radius 1 is 1.38 bits per heavy atom. The maximum Gasteiger partial charge on any atom is 0.246 e. The highest BCUT2D eigenvalue weighted by Gasteiger charge is 2.21. The van der Waals surface area contributed by atoms with Crippen molar-refractivity contribution in [1.82, 2.24) is 14.5 Å². The summed E-state index contributed by atoms with van der Waals surface area (Å²) in [4.78, 5) is -0.193. The van der Waals surface area contributed by atoms with E-state index in [0.29, 0.717) is 6.54 Å². The number of aryl methyl sites for hydroxylation is 1. The predicted molar refractivity (Wildman–Crippen MR) is 72.7 cm³/mol. The summed E-state index contributed by atoms with van der Waals surface area (Å²) in [6.45, 7) is 1.85. The zero-order valence-electron chi connectivity index (χ0n) is 11.2. The van der Waals surface area contributed by atoms with Gasteiger partial charge in [-0.15, -0.1) is 0 Å². The van der Waals surface area contributed by atoms with Crippen LogP contribution in [-0.4, -0.2) is 18.2 Å². The average molecular weight is 316 g/mol. The first-order chi connectivity index (χ1) is 9.83. The maximum absolute atomic E-state index is 13.4. The minimum absolute atomic E-state index is 0.0972. The summed E-state index contributed by atoms with van der Waals surface area (Å²) < 4.78 is 54.2. The topological polar surface area (TPSA) is 90.0 Å². The van der Waals surface area contributed by atoms with Gasteiger partial charge >= 0.3 is 0 Å². The van der Waals surface area contributed by atoms with Crippen molar-refractivity contribution in [3.63, 3.8) is 0 Å². The van der Waals surface area contributed by atoms with Crippen LogP contribution in [-0.2, 0) is 23.1 Å². The van der Waals surface area contributed by atoms with Crippen molar-refractivity contribution in [3.05, 3.63) is 41.6 Å². The second-order valence-electron chi connectivity index (χ2n) is 4.29. The molecule has 0 fully saturated rings. The molecule has 0 saturated heterocycles. The first-order valence-corrected chi connectivity index (χ1v) is 7.58. The average Bonchev–Trinajstić information content (AvgIpc) is 2.82. The molecule has 0 aliphatic rings. The summed E-state index contributed by atoms with van der Waals surface area (Å²) in [5.74, 6) is -1.50. The number of nitrogen functional groups attached to an aromatic ring is 1. The Hall–Kier alpha value is -2.00. The standard InChI is InChI=1S/C12H14F2N4O2S/c1-2-18-7-11(12(15)17-18)21(19,20)16-6-8-5-9(13)3-4-10(8)14/h3-5,7,16H,2,6H2,1H3,(H2,15,17). The van der Waals surface area contributed by atoms with Crippen molar-refractivity contribution in [1.29, 1.82) is 0 Å². The van der Waals surface area contributed by atoms with Crippen LogP contribution in [0, 0.1) is 11.6 Å². The number of benzene rings is 1. The van der Waals surface area contributed by atoms with E-state index in [9.17, 15) is 17.2 Å². The van der Waals surface area contributed by atoms with Gasteiger partial charge in [-0.25, -0.2) is 21.9 Å². The molecule has 0 aliphatic heterocycles. The molecule has 1 aromatic carbocycles. The minimum Gasteiger partial charge on any atom is -0.381 e. The zero-order valence-corrected chi connectivity index (χ0v) is 12.0. The number of nitrogens with zero attached hydrogens (tertiary/aromatic N) is 2. The van der Waals surface area contributed by atoms with Crippen LogP contribution in [0.2, 0.25) is 0 Å². The van der Waals surface area contributed by atoms with Gasteiger partial charge in [-0.2, -0.15) is 5.10 Å². The highest BCUT2D eigenvalue weighted by molar-refractivity contribution is 7.89. The van der Waals surface area contributed by atoms with E-state index in [0.717, 1.165) is 18.2 Å². The van der Waals surface area contributed by atoms with Crippen LogP contribution in [0.15, 0.2) is 29.3 Å². The molecule has 0 aliphatic carbocycles. The molecule has 2 rings (SSSR count). The lowest BCUT2D eigenvalue weighted by Gasteiger charge is -2.06. The quantitative estimate of drug-likeness (QED) is 0.868. The third kappa shape index (κ3) is 3.37. The van der Waals surface area contributed by atoms with Crippen LogP contribution in [0.1, 0.15) is 12.5 Å². The lowest BCUT2D eigenvalue weighted by molar-refractivity contribution is 0.567. The molecule has 6 nitrogen and oxygen atoms in total. The molecule has 9 heteroatoms. The van der Waals surface area contributed by atoms with Crippen LogP contribution in [0.25, 0.3) is 0 Å². The zero-order chi connectivity index (χ0) is 15.6. The highest BCUT2D eigenvalue weighted by atomic mass is 32.2. The molecule has 0 spiro atoms. The Kier molecular flexibility index (Phi) is 4.24. The van der Waals surface area contributed by atoms with Crippen molar-refractivity contribution < 1.29 is 17.2 Å². The number of sulfonamides is 1. The number of nitrogens with one attached hydrogen (secondary N) is 1. The fourth-order valence-electron chi connectivity index (χ4n) is 1.72. The fourth-order valence-corrected chi connectivity index (χ4v) is 2.79. The van der Waals surface area contributed by atoms with Crippen LogP contribution in [0.4, 0.5) is 14.6 Å². The van der Waals surface area contributed by atoms with Gasteiger partial charge in [-0.3, -0.25) is 4.68 Å². The van der Waals surface area contributed by atoms with Crippen LogP contribution < -0.4 is 10.5 Å². The minimum atomic E-state index is -3.96. The number of rotatable bonds is 5. The third-order valence-electron chi connectivity index (χ3n) is 2.83. The lowest BCUT2D eigenvalue weighted by atomic mass is 10.2. The van der Waals surface area contributed by atoms with E-state index < -0.39 is 21.7 Å². The Balaban J connectivity index is 2.21. The Labute approximate surface area is 120 Å². The summed E-state index contributed by atoms with van der Waals surface area (Å²) in [5, 5.41) is 3.82. The molecule has 0 saturated carbocycles. The lowest BCUT2D eigenvalue weighted by Crippen LogP contribution is -2.24. The SMILES string of the molecule is CCn1cc(S(=O)(=O)NCc2cc(F)ccc2F)c(N)n1. The van der Waals surface area contributed by atoms with Crippen molar-refractivity contribution in [3.8, 4) is 0 Å². The number of nitrogens with two attached hydrogens (primary N) is 1. The van der Waals surface area contributed by atoms with E-state index in [2.05, 4.69) is 9.82 Å². The van der Waals surface area contributed by atoms with Crippen LogP contribution in [0.3, 0.4) is 0 Å². The van der Waals surface area contributed by atoms with Gasteiger partial charge < -0.3 is 5.73 Å². The van der Waals surface area contributed by atoms with Gasteiger partial charge in [-0.1, -0.05) is 0 Å².